The van der Waals surface area contributed by atoms with E-state index in [9.17, 15) is 9.90 Å². The lowest BCUT2D eigenvalue weighted by molar-refractivity contribution is 0.112. The van der Waals surface area contributed by atoms with Crippen LogP contribution in [0.3, 0.4) is 0 Å². The maximum absolute atomic E-state index is 10.3. The third-order valence-electron chi connectivity index (χ3n) is 2.67. The summed E-state index contributed by atoms with van der Waals surface area (Å²) in [6.07, 6.45) is 0.581. The number of aryl methyl sites for hydroxylation is 1. The Morgan fingerprint density at radius 2 is 1.68 bits per heavy atom. The highest BCUT2D eigenvalue weighted by atomic mass is 32.3. The lowest BCUT2D eigenvalue weighted by atomic mass is 10.2. The van der Waals surface area contributed by atoms with Crippen LogP contribution in [0.15, 0.2) is 36.4 Å². The summed E-state index contributed by atoms with van der Waals surface area (Å²) in [4.78, 5) is 10.3. The van der Waals surface area contributed by atoms with Gasteiger partial charge in [0.2, 0.25) is 0 Å². The average molecular weight is 372 g/mol. The molecule has 25 heavy (non-hydrogen) atoms. The summed E-state index contributed by atoms with van der Waals surface area (Å²) < 4.78 is 36.4. The topological polar surface area (TPSA) is 173 Å². The van der Waals surface area contributed by atoms with E-state index in [4.69, 9.17) is 33.7 Å². The van der Waals surface area contributed by atoms with Gasteiger partial charge in [-0.2, -0.15) is 8.42 Å². The summed E-state index contributed by atoms with van der Waals surface area (Å²) in [5, 5.41) is 9.23. The molecule has 0 spiro atoms. The molecule has 0 atom stereocenters. The van der Waals surface area contributed by atoms with Crippen LogP contribution in [0, 0.1) is 6.92 Å². The van der Waals surface area contributed by atoms with Gasteiger partial charge in [-0.3, -0.25) is 13.9 Å². The second kappa shape index (κ2) is 10.1. The van der Waals surface area contributed by atoms with Gasteiger partial charge in [-0.15, -0.1) is 0 Å². The number of methoxy groups -OCH3 is 1. The molecule has 0 amide bonds. The number of aldehydes is 1. The van der Waals surface area contributed by atoms with E-state index < -0.39 is 10.4 Å². The molecule has 0 heterocycles. The summed E-state index contributed by atoms with van der Waals surface area (Å²) in [6, 6.07) is 10.2. The summed E-state index contributed by atoms with van der Waals surface area (Å²) >= 11 is 0. The largest absolute Gasteiger partial charge is 0.504 e. The fourth-order valence-corrected chi connectivity index (χ4v) is 1.50. The van der Waals surface area contributed by atoms with Gasteiger partial charge in [0.05, 0.1) is 12.7 Å². The van der Waals surface area contributed by atoms with Crippen molar-refractivity contribution in [1.29, 1.82) is 0 Å². The average Bonchev–Trinajstić information content (AvgIpc) is 2.50. The van der Waals surface area contributed by atoms with Crippen LogP contribution >= 0.6 is 0 Å². The van der Waals surface area contributed by atoms with Crippen LogP contribution in [-0.2, 0) is 10.4 Å². The van der Waals surface area contributed by atoms with Crippen LogP contribution in [0.25, 0.3) is 0 Å². The van der Waals surface area contributed by atoms with Crippen LogP contribution < -0.4 is 16.2 Å². The Labute approximate surface area is 145 Å². The number of nitrogen functional groups attached to an aromatic ring is 2. The Bertz CT molecular complexity index is 800. The number of carbonyl (C=O) groups excluding carboxylic acids is 1. The van der Waals surface area contributed by atoms with E-state index in [0.717, 1.165) is 16.9 Å². The molecule has 0 aliphatic carbocycles. The van der Waals surface area contributed by atoms with Crippen LogP contribution in [-0.4, -0.2) is 36.0 Å². The number of aromatic hydroxyl groups is 1. The van der Waals surface area contributed by atoms with Gasteiger partial charge < -0.3 is 21.3 Å². The molecule has 2 aromatic carbocycles. The van der Waals surface area contributed by atoms with E-state index in [1.165, 1.54) is 13.2 Å². The SMILES string of the molecule is COc1cccc(C=O)c1O.Cc1cc(N)ccc1N.O=S(=O)(O)O. The minimum absolute atomic E-state index is 0.106. The van der Waals surface area contributed by atoms with Crippen molar-refractivity contribution < 1.29 is 32.2 Å². The Hall–Kier alpha value is -2.82. The number of hydrogen-bond acceptors (Lipinski definition) is 7. The lowest BCUT2D eigenvalue weighted by Gasteiger charge is -2.02. The molecule has 0 aliphatic rings. The van der Waals surface area contributed by atoms with Crippen LogP contribution in [0.1, 0.15) is 15.9 Å². The number of phenols is 1. The zero-order valence-electron chi connectivity index (χ0n) is 13.6. The van der Waals surface area contributed by atoms with Crippen molar-refractivity contribution in [2.45, 2.75) is 6.92 Å². The first-order valence-corrected chi connectivity index (χ1v) is 8.02. The number of anilines is 2. The number of ether oxygens (including phenoxy) is 1. The fraction of sp³-hybridized carbons (Fsp3) is 0.133. The van der Waals surface area contributed by atoms with E-state index in [2.05, 4.69) is 0 Å². The van der Waals surface area contributed by atoms with Gasteiger partial charge in [-0.25, -0.2) is 0 Å². The normalized spacial score (nSPS) is 9.76. The molecule has 7 N–H and O–H groups in total. The van der Waals surface area contributed by atoms with Gasteiger partial charge >= 0.3 is 10.4 Å². The highest BCUT2D eigenvalue weighted by molar-refractivity contribution is 7.79. The molecule has 0 radical (unpaired) electrons. The van der Waals surface area contributed by atoms with E-state index >= 15 is 0 Å². The highest BCUT2D eigenvalue weighted by Gasteiger charge is 2.04. The number of rotatable bonds is 2. The van der Waals surface area contributed by atoms with Crippen molar-refractivity contribution in [3.63, 3.8) is 0 Å². The van der Waals surface area contributed by atoms with Gasteiger partial charge in [-0.05, 0) is 42.8 Å². The maximum atomic E-state index is 10.3. The van der Waals surface area contributed by atoms with E-state index in [0.29, 0.717) is 12.0 Å². The number of hydrogen-bond donors (Lipinski definition) is 5. The minimum atomic E-state index is -4.67. The lowest BCUT2D eigenvalue weighted by Crippen LogP contribution is -1.91. The summed E-state index contributed by atoms with van der Waals surface area (Å²) in [6.45, 7) is 1.94. The highest BCUT2D eigenvalue weighted by Crippen LogP contribution is 2.27. The molecule has 10 heteroatoms. The molecule has 138 valence electrons. The molecule has 0 aromatic heterocycles. The molecule has 2 aromatic rings. The summed E-state index contributed by atoms with van der Waals surface area (Å²) in [5.74, 6) is 0.208. The first-order chi connectivity index (χ1) is 11.5. The summed E-state index contributed by atoms with van der Waals surface area (Å²) in [7, 11) is -3.23. The molecule has 0 saturated carbocycles. The monoisotopic (exact) mass is 372 g/mol. The minimum Gasteiger partial charge on any atom is -0.504 e. The maximum Gasteiger partial charge on any atom is 0.394 e. The zero-order valence-corrected chi connectivity index (χ0v) is 14.4. The smallest absolute Gasteiger partial charge is 0.394 e. The molecular weight excluding hydrogens is 352 g/mol. The van der Waals surface area contributed by atoms with Crippen molar-refractivity contribution in [1.82, 2.24) is 0 Å². The van der Waals surface area contributed by atoms with E-state index in [1.807, 2.05) is 19.1 Å². The molecule has 0 saturated heterocycles. The molecule has 0 bridgehead atoms. The molecular formula is C15H20N2O7S. The first-order valence-electron chi connectivity index (χ1n) is 6.62. The molecule has 2 rings (SSSR count). The Kier molecular flexibility index (Phi) is 8.99. The standard InChI is InChI=1S/C8H8O3.C7H10N2.H2O4S/c1-11-7-4-2-3-6(5-9)8(7)10;1-5-4-6(8)2-3-7(5)9;1-5(2,3)4/h2-5,10H,1H3;2-4H,8-9H2,1H3;(H2,1,2,3,4). The van der Waals surface area contributed by atoms with Gasteiger partial charge in [0.15, 0.2) is 17.8 Å². The second-order valence-electron chi connectivity index (χ2n) is 4.58. The van der Waals surface area contributed by atoms with Crippen molar-refractivity contribution in [3.8, 4) is 11.5 Å². The third kappa shape index (κ3) is 9.81. The zero-order chi connectivity index (χ0) is 19.6. The van der Waals surface area contributed by atoms with Crippen LogP contribution in [0.5, 0.6) is 11.5 Å². The molecule has 9 nitrogen and oxygen atoms in total. The molecule has 0 fully saturated rings. The fourth-order valence-electron chi connectivity index (χ4n) is 1.50. The number of carbonyl (C=O) groups is 1. The van der Waals surface area contributed by atoms with Crippen molar-refractivity contribution in [2.75, 3.05) is 18.6 Å². The van der Waals surface area contributed by atoms with Gasteiger partial charge in [0.25, 0.3) is 0 Å². The molecule has 0 aliphatic heterocycles. The van der Waals surface area contributed by atoms with Crippen molar-refractivity contribution >= 4 is 28.1 Å². The molecule has 0 unspecified atom stereocenters. The van der Waals surface area contributed by atoms with Crippen molar-refractivity contribution in [2.24, 2.45) is 0 Å². The van der Waals surface area contributed by atoms with Gasteiger partial charge in [-0.1, -0.05) is 6.07 Å². The predicted octanol–water partition coefficient (Wildman–Crippen LogP) is 1.72. The third-order valence-corrected chi connectivity index (χ3v) is 2.67. The second-order valence-corrected chi connectivity index (χ2v) is 5.48. The Morgan fingerprint density at radius 1 is 1.12 bits per heavy atom. The van der Waals surface area contributed by atoms with Crippen LogP contribution in [0.2, 0.25) is 0 Å². The van der Waals surface area contributed by atoms with Gasteiger partial charge in [0, 0.05) is 11.4 Å². The number of benzene rings is 2. The Balaban J connectivity index is 0.000000372. The van der Waals surface area contributed by atoms with Crippen LogP contribution in [0.4, 0.5) is 11.4 Å². The van der Waals surface area contributed by atoms with Crippen molar-refractivity contribution in [3.05, 3.63) is 47.5 Å². The summed E-state index contributed by atoms with van der Waals surface area (Å²) in [5.41, 5.74) is 13.8. The van der Waals surface area contributed by atoms with Gasteiger partial charge in [0.1, 0.15) is 0 Å². The van der Waals surface area contributed by atoms with E-state index in [-0.39, 0.29) is 11.3 Å². The predicted molar refractivity (Wildman–Crippen MR) is 94.2 cm³/mol. The quantitative estimate of drug-likeness (QED) is 0.299. The number of para-hydroxylation sites is 1. The number of nitrogens with two attached hydrogens (primary N) is 2. The number of phenolic OH excluding ortho intramolecular Hbond substituents is 1. The first kappa shape index (κ1) is 22.2. The van der Waals surface area contributed by atoms with E-state index in [1.54, 1.807) is 18.2 Å². The Morgan fingerprint density at radius 3 is 2.08 bits per heavy atom.